The van der Waals surface area contributed by atoms with Crippen LogP contribution in [-0.2, 0) is 11.3 Å². The van der Waals surface area contributed by atoms with Crippen LogP contribution in [0.1, 0.15) is 15.9 Å². The molecule has 0 atom stereocenters. The molecular weight excluding hydrogens is 336 g/mol. The van der Waals surface area contributed by atoms with Crippen LogP contribution in [0, 0.1) is 0 Å². The van der Waals surface area contributed by atoms with Gasteiger partial charge in [0.1, 0.15) is 6.61 Å². The van der Waals surface area contributed by atoms with Gasteiger partial charge in [0.15, 0.2) is 0 Å². The van der Waals surface area contributed by atoms with Crippen LogP contribution in [0.2, 0.25) is 0 Å². The van der Waals surface area contributed by atoms with E-state index in [-0.39, 0.29) is 5.97 Å². The zero-order valence-corrected chi connectivity index (χ0v) is 13.3. The van der Waals surface area contributed by atoms with Gasteiger partial charge in [-0.15, -0.1) is 11.8 Å². The highest BCUT2D eigenvalue weighted by atomic mass is 79.9. The molecule has 0 N–H and O–H groups in total. The molecule has 0 unspecified atom stereocenters. The van der Waals surface area contributed by atoms with Crippen LogP contribution in [0.4, 0.5) is 0 Å². The normalized spacial score (nSPS) is 10.2. The lowest BCUT2D eigenvalue weighted by atomic mass is 10.2. The van der Waals surface area contributed by atoms with Crippen molar-refractivity contribution in [3.05, 3.63) is 65.7 Å². The van der Waals surface area contributed by atoms with Gasteiger partial charge in [-0.25, -0.2) is 4.79 Å². The molecule has 2 aromatic carbocycles. The Morgan fingerprint density at radius 1 is 1.05 bits per heavy atom. The third-order valence-electron chi connectivity index (χ3n) is 2.65. The number of rotatable bonds is 6. The molecule has 0 spiro atoms. The number of esters is 1. The van der Waals surface area contributed by atoms with Crippen molar-refractivity contribution in [1.29, 1.82) is 0 Å². The van der Waals surface area contributed by atoms with E-state index in [0.717, 1.165) is 21.5 Å². The predicted octanol–water partition coefficient (Wildman–Crippen LogP) is 4.53. The Morgan fingerprint density at radius 2 is 1.75 bits per heavy atom. The third kappa shape index (κ3) is 4.69. The molecule has 0 saturated heterocycles. The smallest absolute Gasteiger partial charge is 0.338 e. The number of carbonyl (C=O) groups is 1. The summed E-state index contributed by atoms with van der Waals surface area (Å²) >= 11 is 5.14. The fourth-order valence-electron chi connectivity index (χ4n) is 1.65. The van der Waals surface area contributed by atoms with E-state index in [1.54, 1.807) is 11.8 Å². The van der Waals surface area contributed by atoms with Crippen molar-refractivity contribution < 1.29 is 9.53 Å². The lowest BCUT2D eigenvalue weighted by Gasteiger charge is -2.05. The van der Waals surface area contributed by atoms with E-state index in [0.29, 0.717) is 12.2 Å². The van der Waals surface area contributed by atoms with Crippen molar-refractivity contribution in [2.24, 2.45) is 0 Å². The highest BCUT2D eigenvalue weighted by Crippen LogP contribution is 2.19. The number of benzene rings is 2. The first-order valence-corrected chi connectivity index (χ1v) is 8.40. The molecule has 0 bridgehead atoms. The van der Waals surface area contributed by atoms with Gasteiger partial charge in [-0.3, -0.25) is 0 Å². The Morgan fingerprint density at radius 3 is 2.40 bits per heavy atom. The maximum Gasteiger partial charge on any atom is 0.338 e. The SMILES string of the molecule is O=C(OCc1ccccc1)c1ccc(SCCBr)cc1. The van der Waals surface area contributed by atoms with Gasteiger partial charge in [0.2, 0.25) is 0 Å². The van der Waals surface area contributed by atoms with Gasteiger partial charge in [-0.2, -0.15) is 0 Å². The summed E-state index contributed by atoms with van der Waals surface area (Å²) in [5, 5.41) is 0.957. The third-order valence-corrected chi connectivity index (χ3v) is 4.58. The summed E-state index contributed by atoms with van der Waals surface area (Å²) < 4.78 is 5.28. The summed E-state index contributed by atoms with van der Waals surface area (Å²) in [6.07, 6.45) is 0. The summed E-state index contributed by atoms with van der Waals surface area (Å²) in [5.41, 5.74) is 1.58. The zero-order chi connectivity index (χ0) is 14.2. The minimum atomic E-state index is -0.286. The summed E-state index contributed by atoms with van der Waals surface area (Å²) in [7, 11) is 0. The summed E-state index contributed by atoms with van der Waals surface area (Å²) in [6, 6.07) is 17.2. The van der Waals surface area contributed by atoms with Crippen molar-refractivity contribution >= 4 is 33.7 Å². The largest absolute Gasteiger partial charge is 0.457 e. The Kier molecular flexibility index (Phi) is 6.15. The van der Waals surface area contributed by atoms with Gasteiger partial charge in [0.05, 0.1) is 5.56 Å². The quantitative estimate of drug-likeness (QED) is 0.435. The molecule has 4 heteroatoms. The summed E-state index contributed by atoms with van der Waals surface area (Å²) in [6.45, 7) is 0.305. The van der Waals surface area contributed by atoms with Crippen molar-refractivity contribution in [3.63, 3.8) is 0 Å². The highest BCUT2D eigenvalue weighted by molar-refractivity contribution is 9.09. The molecule has 104 valence electrons. The fourth-order valence-corrected chi connectivity index (χ4v) is 2.78. The van der Waals surface area contributed by atoms with Crippen LogP contribution in [-0.4, -0.2) is 17.1 Å². The monoisotopic (exact) mass is 350 g/mol. The van der Waals surface area contributed by atoms with Crippen molar-refractivity contribution in [3.8, 4) is 0 Å². The lowest BCUT2D eigenvalue weighted by molar-refractivity contribution is 0.0472. The van der Waals surface area contributed by atoms with Crippen molar-refractivity contribution in [2.75, 3.05) is 11.1 Å². The second kappa shape index (κ2) is 8.12. The molecule has 0 aliphatic rings. The molecule has 2 nitrogen and oxygen atoms in total. The second-order valence-corrected chi connectivity index (χ2v) is 6.08. The number of thioether (sulfide) groups is 1. The molecule has 0 radical (unpaired) electrons. The Balaban J connectivity index is 1.89. The van der Waals surface area contributed by atoms with Crippen LogP contribution in [0.25, 0.3) is 0 Å². The maximum absolute atomic E-state index is 11.9. The van der Waals surface area contributed by atoms with E-state index >= 15 is 0 Å². The van der Waals surface area contributed by atoms with Crippen LogP contribution in [0.5, 0.6) is 0 Å². The molecule has 0 aliphatic carbocycles. The van der Waals surface area contributed by atoms with Gasteiger partial charge in [0.25, 0.3) is 0 Å². The zero-order valence-electron chi connectivity index (χ0n) is 10.9. The molecule has 2 aromatic rings. The minimum Gasteiger partial charge on any atom is -0.457 e. The van der Waals surface area contributed by atoms with Gasteiger partial charge in [0, 0.05) is 16.0 Å². The topological polar surface area (TPSA) is 26.3 Å². The molecule has 0 heterocycles. The molecule has 0 saturated carbocycles. The van der Waals surface area contributed by atoms with E-state index in [4.69, 9.17) is 4.74 Å². The highest BCUT2D eigenvalue weighted by Gasteiger charge is 2.07. The average Bonchev–Trinajstić information content (AvgIpc) is 2.52. The second-order valence-electron chi connectivity index (χ2n) is 4.12. The molecule has 0 fully saturated rings. The predicted molar refractivity (Wildman–Crippen MR) is 86.5 cm³/mol. The number of alkyl halides is 1. The molecule has 0 amide bonds. The number of hydrogen-bond acceptors (Lipinski definition) is 3. The number of carbonyl (C=O) groups excluding carboxylic acids is 1. The minimum absolute atomic E-state index is 0.286. The summed E-state index contributed by atoms with van der Waals surface area (Å²) in [4.78, 5) is 13.1. The van der Waals surface area contributed by atoms with E-state index < -0.39 is 0 Å². The molecular formula is C16H15BrO2S. The maximum atomic E-state index is 11.9. The standard InChI is InChI=1S/C16H15BrO2S/c17-10-11-20-15-8-6-14(7-9-15)16(18)19-12-13-4-2-1-3-5-13/h1-9H,10-12H2. The van der Waals surface area contributed by atoms with Crippen LogP contribution >= 0.6 is 27.7 Å². The van der Waals surface area contributed by atoms with Crippen molar-refractivity contribution in [2.45, 2.75) is 11.5 Å². The van der Waals surface area contributed by atoms with Gasteiger partial charge >= 0.3 is 5.97 Å². The van der Waals surface area contributed by atoms with E-state index in [1.807, 2.05) is 54.6 Å². The van der Waals surface area contributed by atoms with E-state index in [2.05, 4.69) is 15.9 Å². The average molecular weight is 351 g/mol. The first-order valence-electron chi connectivity index (χ1n) is 6.29. The van der Waals surface area contributed by atoms with Gasteiger partial charge in [-0.05, 0) is 29.8 Å². The fraction of sp³-hybridized carbons (Fsp3) is 0.188. The molecule has 20 heavy (non-hydrogen) atoms. The Labute approximate surface area is 131 Å². The Bertz CT molecular complexity index is 540. The molecule has 0 aliphatic heterocycles. The van der Waals surface area contributed by atoms with Gasteiger partial charge in [-0.1, -0.05) is 46.3 Å². The first-order chi connectivity index (χ1) is 9.79. The van der Waals surface area contributed by atoms with Crippen LogP contribution in [0.15, 0.2) is 59.5 Å². The van der Waals surface area contributed by atoms with Crippen molar-refractivity contribution in [1.82, 2.24) is 0 Å². The van der Waals surface area contributed by atoms with E-state index in [1.165, 1.54) is 0 Å². The number of halogens is 1. The van der Waals surface area contributed by atoms with Crippen LogP contribution < -0.4 is 0 Å². The molecule has 2 rings (SSSR count). The van der Waals surface area contributed by atoms with E-state index in [9.17, 15) is 4.79 Å². The van der Waals surface area contributed by atoms with Crippen LogP contribution in [0.3, 0.4) is 0 Å². The van der Waals surface area contributed by atoms with Gasteiger partial charge < -0.3 is 4.74 Å². The lowest BCUT2D eigenvalue weighted by Crippen LogP contribution is -2.04. The number of ether oxygens (including phenoxy) is 1. The first kappa shape index (κ1) is 15.1. The number of hydrogen-bond donors (Lipinski definition) is 0. The summed E-state index contributed by atoms with van der Waals surface area (Å²) in [5.74, 6) is 0.725. The molecule has 0 aromatic heterocycles. The Hall–Kier alpha value is -1.26.